The van der Waals surface area contributed by atoms with Crippen molar-refractivity contribution < 1.29 is 18.7 Å². The van der Waals surface area contributed by atoms with Crippen LogP contribution < -0.4 is 4.74 Å². The van der Waals surface area contributed by atoms with Crippen LogP contribution in [0.3, 0.4) is 0 Å². The van der Waals surface area contributed by atoms with Crippen LogP contribution in [0.5, 0.6) is 5.75 Å². The van der Waals surface area contributed by atoms with Crippen LogP contribution in [0, 0.1) is 5.82 Å². The van der Waals surface area contributed by atoms with E-state index >= 15 is 0 Å². The third-order valence-corrected chi connectivity index (χ3v) is 4.19. The number of likely N-dealkylation sites (N-methyl/N-ethyl adjacent to an activating group) is 1. The molecular weight excluding hydrogens is 313 g/mol. The highest BCUT2D eigenvalue weighted by Gasteiger charge is 2.28. The van der Waals surface area contributed by atoms with Crippen LogP contribution in [0.1, 0.15) is 6.92 Å². The maximum Gasteiger partial charge on any atom is 0.260 e. The van der Waals surface area contributed by atoms with Crippen LogP contribution in [0.4, 0.5) is 4.39 Å². The molecule has 1 aromatic rings. The summed E-state index contributed by atoms with van der Waals surface area (Å²) in [5, 5.41) is 0. The lowest BCUT2D eigenvalue weighted by Gasteiger charge is -2.38. The number of amides is 2. The molecule has 0 radical (unpaired) electrons. The van der Waals surface area contributed by atoms with Crippen LogP contribution in [0.15, 0.2) is 24.3 Å². The molecule has 1 aliphatic heterocycles. The minimum absolute atomic E-state index is 0.0643. The molecule has 2 rings (SSSR count). The minimum atomic E-state index is -0.341. The molecule has 1 atom stereocenters. The van der Waals surface area contributed by atoms with Gasteiger partial charge in [0.15, 0.2) is 6.61 Å². The summed E-state index contributed by atoms with van der Waals surface area (Å²) in [6.45, 7) is 4.26. The van der Waals surface area contributed by atoms with Crippen LogP contribution in [0.25, 0.3) is 0 Å². The lowest BCUT2D eigenvalue weighted by atomic mass is 10.2. The Labute approximate surface area is 141 Å². The summed E-state index contributed by atoms with van der Waals surface area (Å²) >= 11 is 0. The fourth-order valence-electron chi connectivity index (χ4n) is 2.66. The number of carbonyl (C=O) groups excluding carboxylic acids is 2. The highest BCUT2D eigenvalue weighted by Crippen LogP contribution is 2.12. The van der Waals surface area contributed by atoms with E-state index in [1.54, 1.807) is 23.9 Å². The molecule has 1 saturated heterocycles. The predicted octanol–water partition coefficient (Wildman–Crippen LogP) is 0.825. The van der Waals surface area contributed by atoms with Gasteiger partial charge in [-0.3, -0.25) is 14.5 Å². The van der Waals surface area contributed by atoms with Crippen LogP contribution in [0.2, 0.25) is 0 Å². The van der Waals surface area contributed by atoms with E-state index in [9.17, 15) is 14.0 Å². The Morgan fingerprint density at radius 2 is 1.75 bits per heavy atom. The molecule has 1 heterocycles. The first kappa shape index (κ1) is 18.2. The summed E-state index contributed by atoms with van der Waals surface area (Å²) in [6.07, 6.45) is 0. The van der Waals surface area contributed by atoms with Crippen molar-refractivity contribution in [3.8, 4) is 5.75 Å². The molecular formula is C17H24FN3O3. The Balaban J connectivity index is 1.78. The third kappa shape index (κ3) is 4.67. The summed E-state index contributed by atoms with van der Waals surface area (Å²) in [5.41, 5.74) is 0. The van der Waals surface area contributed by atoms with E-state index in [1.807, 2.05) is 6.92 Å². The maximum absolute atomic E-state index is 12.8. The Hall–Kier alpha value is -2.15. The highest BCUT2D eigenvalue weighted by atomic mass is 19.1. The van der Waals surface area contributed by atoms with Crippen molar-refractivity contribution in [3.05, 3.63) is 30.1 Å². The largest absolute Gasteiger partial charge is 0.484 e. The van der Waals surface area contributed by atoms with E-state index in [1.165, 1.54) is 24.3 Å². The molecule has 132 valence electrons. The quantitative estimate of drug-likeness (QED) is 0.798. The molecule has 0 spiro atoms. The molecule has 7 heteroatoms. The fourth-order valence-corrected chi connectivity index (χ4v) is 2.66. The van der Waals surface area contributed by atoms with Crippen LogP contribution in [-0.2, 0) is 9.59 Å². The number of piperazine rings is 1. The second-order valence-electron chi connectivity index (χ2n) is 6.07. The van der Waals surface area contributed by atoms with Crippen LogP contribution >= 0.6 is 0 Å². The monoisotopic (exact) mass is 337 g/mol. The molecule has 1 fully saturated rings. The number of ether oxygens (including phenoxy) is 1. The molecule has 6 nitrogen and oxygen atoms in total. The molecule has 1 aromatic carbocycles. The Kier molecular flexibility index (Phi) is 6.14. The summed E-state index contributed by atoms with van der Waals surface area (Å²) in [4.78, 5) is 29.6. The number of hydrogen-bond donors (Lipinski definition) is 0. The van der Waals surface area contributed by atoms with Gasteiger partial charge in [-0.15, -0.1) is 0 Å². The van der Waals surface area contributed by atoms with Crippen molar-refractivity contribution in [1.29, 1.82) is 0 Å². The average Bonchev–Trinajstić information content (AvgIpc) is 2.59. The Morgan fingerprint density at radius 1 is 1.17 bits per heavy atom. The number of halogens is 1. The van der Waals surface area contributed by atoms with Crippen LogP contribution in [-0.4, -0.2) is 79.4 Å². The number of rotatable bonds is 5. The minimum Gasteiger partial charge on any atom is -0.484 e. The van der Waals surface area contributed by atoms with Gasteiger partial charge in [-0.05, 0) is 31.2 Å². The zero-order valence-corrected chi connectivity index (χ0v) is 14.4. The van der Waals surface area contributed by atoms with E-state index in [2.05, 4.69) is 4.90 Å². The number of hydrogen-bond acceptors (Lipinski definition) is 4. The summed E-state index contributed by atoms with van der Waals surface area (Å²) in [6, 6.07) is 5.39. The number of nitrogens with zero attached hydrogens (tertiary/aromatic N) is 3. The number of carbonyl (C=O) groups is 2. The lowest BCUT2D eigenvalue weighted by Crippen LogP contribution is -2.55. The van der Waals surface area contributed by atoms with Gasteiger partial charge in [-0.2, -0.15) is 0 Å². The van der Waals surface area contributed by atoms with Gasteiger partial charge < -0.3 is 14.5 Å². The zero-order valence-electron chi connectivity index (χ0n) is 14.4. The smallest absolute Gasteiger partial charge is 0.260 e. The van der Waals surface area contributed by atoms with Gasteiger partial charge in [0.05, 0.1) is 6.04 Å². The maximum atomic E-state index is 12.8. The third-order valence-electron chi connectivity index (χ3n) is 4.19. The van der Waals surface area contributed by atoms with Crippen molar-refractivity contribution in [2.45, 2.75) is 13.0 Å². The summed E-state index contributed by atoms with van der Waals surface area (Å²) in [5.74, 6) is 0.0831. The zero-order chi connectivity index (χ0) is 17.7. The van der Waals surface area contributed by atoms with E-state index in [0.29, 0.717) is 31.9 Å². The fraction of sp³-hybridized carbons (Fsp3) is 0.529. The van der Waals surface area contributed by atoms with E-state index in [4.69, 9.17) is 4.74 Å². The van der Waals surface area contributed by atoms with Gasteiger partial charge in [-0.25, -0.2) is 4.39 Å². The highest BCUT2D eigenvalue weighted by molar-refractivity contribution is 5.81. The topological polar surface area (TPSA) is 53.1 Å². The average molecular weight is 337 g/mol. The van der Waals surface area contributed by atoms with Gasteiger partial charge in [-0.1, -0.05) is 0 Å². The van der Waals surface area contributed by atoms with Gasteiger partial charge in [0.1, 0.15) is 11.6 Å². The Morgan fingerprint density at radius 3 is 2.29 bits per heavy atom. The van der Waals surface area contributed by atoms with Crippen molar-refractivity contribution >= 4 is 11.8 Å². The molecule has 0 aromatic heterocycles. The first-order valence-corrected chi connectivity index (χ1v) is 8.00. The van der Waals surface area contributed by atoms with E-state index < -0.39 is 0 Å². The molecule has 2 amide bonds. The van der Waals surface area contributed by atoms with Gasteiger partial charge in [0.2, 0.25) is 5.91 Å². The number of benzene rings is 1. The SMILES string of the molecule is CC(C(=O)N(C)C)N1CCN(C(=O)COc2ccc(F)cc2)CC1. The second-order valence-corrected chi connectivity index (χ2v) is 6.07. The molecule has 0 aliphatic carbocycles. The first-order chi connectivity index (χ1) is 11.4. The van der Waals surface area contributed by atoms with Crippen molar-refractivity contribution in [3.63, 3.8) is 0 Å². The summed E-state index contributed by atoms with van der Waals surface area (Å²) < 4.78 is 18.2. The van der Waals surface area contributed by atoms with Crippen molar-refractivity contribution in [1.82, 2.24) is 14.7 Å². The van der Waals surface area contributed by atoms with E-state index in [0.717, 1.165) is 0 Å². The Bertz CT molecular complexity index is 569. The van der Waals surface area contributed by atoms with Crippen molar-refractivity contribution in [2.24, 2.45) is 0 Å². The molecule has 1 unspecified atom stereocenters. The molecule has 0 bridgehead atoms. The standard InChI is InChI=1S/C17H24FN3O3/c1-13(17(23)19(2)3)20-8-10-21(11-9-20)16(22)12-24-15-6-4-14(18)5-7-15/h4-7,13H,8-12H2,1-3H3. The second kappa shape index (κ2) is 8.10. The van der Waals surface area contributed by atoms with E-state index in [-0.39, 0.29) is 30.3 Å². The van der Waals surface area contributed by atoms with Gasteiger partial charge in [0.25, 0.3) is 5.91 Å². The molecule has 0 N–H and O–H groups in total. The van der Waals surface area contributed by atoms with Crippen molar-refractivity contribution in [2.75, 3.05) is 46.9 Å². The van der Waals surface area contributed by atoms with Gasteiger partial charge in [0, 0.05) is 40.3 Å². The normalized spacial score (nSPS) is 16.6. The molecule has 1 aliphatic rings. The molecule has 24 heavy (non-hydrogen) atoms. The summed E-state index contributed by atoms with van der Waals surface area (Å²) in [7, 11) is 3.48. The lowest BCUT2D eigenvalue weighted by molar-refractivity contribution is -0.138. The molecule has 0 saturated carbocycles. The predicted molar refractivity (Wildman–Crippen MR) is 88.2 cm³/mol. The van der Waals surface area contributed by atoms with Gasteiger partial charge >= 0.3 is 0 Å². The first-order valence-electron chi connectivity index (χ1n) is 8.00.